The van der Waals surface area contributed by atoms with E-state index in [2.05, 4.69) is 34.0 Å². The van der Waals surface area contributed by atoms with Crippen LogP contribution in [0.15, 0.2) is 30.5 Å². The lowest BCUT2D eigenvalue weighted by Crippen LogP contribution is -2.40. The first kappa shape index (κ1) is 24.1. The minimum absolute atomic E-state index is 0.147. The van der Waals surface area contributed by atoms with Crippen LogP contribution in [0.25, 0.3) is 10.9 Å². The van der Waals surface area contributed by atoms with Crippen molar-refractivity contribution >= 4 is 40.3 Å². The van der Waals surface area contributed by atoms with Crippen LogP contribution in [0.5, 0.6) is 0 Å². The Hall–Kier alpha value is -3.00. The Morgan fingerprint density at radius 1 is 1.26 bits per heavy atom. The Morgan fingerprint density at radius 3 is 2.74 bits per heavy atom. The maximum atomic E-state index is 13.5. The van der Waals surface area contributed by atoms with E-state index in [1.54, 1.807) is 34.0 Å². The third-order valence-corrected chi connectivity index (χ3v) is 6.25. The highest BCUT2D eigenvalue weighted by Crippen LogP contribution is 2.33. The topological polar surface area (TPSA) is 81.4 Å². The summed E-state index contributed by atoms with van der Waals surface area (Å²) in [6.45, 7) is 9.60. The number of hydrogen-bond acceptors (Lipinski definition) is 4. The number of ether oxygens (including phenoxy) is 1. The summed E-state index contributed by atoms with van der Waals surface area (Å²) in [5.74, 6) is 0.273. The first-order chi connectivity index (χ1) is 16.1. The lowest BCUT2D eigenvalue weighted by atomic mass is 9.94. The number of nitrogens with one attached hydrogen (secondary N) is 1. The van der Waals surface area contributed by atoms with Gasteiger partial charge in [0, 0.05) is 60.4 Å². The van der Waals surface area contributed by atoms with Gasteiger partial charge in [-0.3, -0.25) is 14.8 Å². The van der Waals surface area contributed by atoms with Crippen LogP contribution < -0.4 is 5.32 Å². The molecule has 34 heavy (non-hydrogen) atoms. The molecule has 2 amide bonds. The maximum absolute atomic E-state index is 13.5. The zero-order chi connectivity index (χ0) is 24.6. The van der Waals surface area contributed by atoms with E-state index in [9.17, 15) is 9.59 Å². The zero-order valence-electron chi connectivity index (χ0n) is 20.4. The number of aromatic nitrogens is 3. The van der Waals surface area contributed by atoms with E-state index < -0.39 is 11.7 Å². The fourth-order valence-electron chi connectivity index (χ4n) is 4.67. The van der Waals surface area contributed by atoms with Gasteiger partial charge >= 0.3 is 6.09 Å². The highest BCUT2D eigenvalue weighted by molar-refractivity contribution is 6.31. The van der Waals surface area contributed by atoms with Gasteiger partial charge in [-0.1, -0.05) is 11.6 Å². The average molecular weight is 486 g/mol. The Morgan fingerprint density at radius 2 is 2.03 bits per heavy atom. The number of piperidine rings is 1. The van der Waals surface area contributed by atoms with Gasteiger partial charge in [-0.05, 0) is 64.8 Å². The number of carbonyl (C=O) groups is 2. The maximum Gasteiger partial charge on any atom is 0.413 e. The Labute approximate surface area is 204 Å². The molecule has 1 unspecified atom stereocenters. The molecule has 0 aliphatic carbocycles. The molecule has 1 N–H and O–H groups in total. The average Bonchev–Trinajstić information content (AvgIpc) is 3.31. The molecule has 1 saturated heterocycles. The molecule has 1 aliphatic rings. The summed E-state index contributed by atoms with van der Waals surface area (Å²) < 4.78 is 9.17. The summed E-state index contributed by atoms with van der Waals surface area (Å²) in [6, 6.07) is 8.16. The molecule has 2 aromatic heterocycles. The number of halogens is 1. The first-order valence-electron chi connectivity index (χ1n) is 11.7. The first-order valence-corrected chi connectivity index (χ1v) is 12.0. The van der Waals surface area contributed by atoms with Crippen molar-refractivity contribution in [2.24, 2.45) is 7.05 Å². The quantitative estimate of drug-likeness (QED) is 0.535. The summed E-state index contributed by atoms with van der Waals surface area (Å²) in [4.78, 5) is 27.6. The predicted molar refractivity (Wildman–Crippen MR) is 134 cm³/mol. The molecule has 0 bridgehead atoms. The number of nitrogens with zero attached hydrogens (tertiary/aromatic N) is 4. The van der Waals surface area contributed by atoms with Crippen LogP contribution in [-0.2, 0) is 18.3 Å². The van der Waals surface area contributed by atoms with Crippen molar-refractivity contribution in [2.45, 2.75) is 58.6 Å². The molecule has 0 spiro atoms. The van der Waals surface area contributed by atoms with Crippen molar-refractivity contribution in [2.75, 3.05) is 18.4 Å². The van der Waals surface area contributed by atoms with E-state index in [0.29, 0.717) is 23.7 Å². The van der Waals surface area contributed by atoms with Gasteiger partial charge in [0.2, 0.25) is 0 Å². The predicted octanol–water partition coefficient (Wildman–Crippen LogP) is 5.41. The van der Waals surface area contributed by atoms with Gasteiger partial charge < -0.3 is 14.2 Å². The fraction of sp³-hybridized carbons (Fsp3) is 0.480. The van der Waals surface area contributed by atoms with Crippen molar-refractivity contribution in [3.05, 3.63) is 46.7 Å². The Balaban J connectivity index is 1.56. The second kappa shape index (κ2) is 9.33. The Bertz CT molecular complexity index is 1220. The molecule has 182 valence electrons. The van der Waals surface area contributed by atoms with Crippen molar-refractivity contribution < 1.29 is 14.3 Å². The van der Waals surface area contributed by atoms with Crippen molar-refractivity contribution in [1.82, 2.24) is 19.2 Å². The molecule has 1 atom stereocenters. The summed E-state index contributed by atoms with van der Waals surface area (Å²) in [5.41, 5.74) is 2.08. The summed E-state index contributed by atoms with van der Waals surface area (Å²) in [5, 5.41) is 8.75. The van der Waals surface area contributed by atoms with E-state index >= 15 is 0 Å². The van der Waals surface area contributed by atoms with Gasteiger partial charge in [-0.25, -0.2) is 4.79 Å². The monoisotopic (exact) mass is 485 g/mol. The molecule has 3 aromatic rings. The normalized spacial score (nSPS) is 16.6. The standard InChI is InChI=1S/C25H32ClN5O3/c1-6-31-20-10-9-18(26)12-17(20)13-21(31)16-8-7-11-30(14-16)23(32)19-15-29(5)28-22(19)27-24(33)34-25(2,3)4/h9-10,12-13,15-16H,6-8,11,14H2,1-5H3,(H,27,28,33). The van der Waals surface area contributed by atoms with E-state index in [-0.39, 0.29) is 17.6 Å². The lowest BCUT2D eigenvalue weighted by molar-refractivity contribution is 0.0635. The summed E-state index contributed by atoms with van der Waals surface area (Å²) >= 11 is 6.22. The third-order valence-electron chi connectivity index (χ3n) is 6.02. The molecule has 9 heteroatoms. The van der Waals surface area contributed by atoms with E-state index in [4.69, 9.17) is 16.3 Å². The molecule has 1 fully saturated rings. The van der Waals surface area contributed by atoms with Gasteiger partial charge in [0.25, 0.3) is 5.91 Å². The number of benzene rings is 1. The molecular weight excluding hydrogens is 454 g/mol. The van der Waals surface area contributed by atoms with Gasteiger partial charge in [-0.15, -0.1) is 0 Å². The molecule has 1 aliphatic heterocycles. The second-order valence-electron chi connectivity index (χ2n) is 9.80. The van der Waals surface area contributed by atoms with Crippen LogP contribution >= 0.6 is 11.6 Å². The van der Waals surface area contributed by atoms with Crippen LogP contribution in [-0.4, -0.2) is 49.9 Å². The molecule has 0 saturated carbocycles. The summed E-state index contributed by atoms with van der Waals surface area (Å²) in [7, 11) is 1.72. The van der Waals surface area contributed by atoms with Crippen molar-refractivity contribution in [3.8, 4) is 0 Å². The van der Waals surface area contributed by atoms with Crippen LogP contribution in [0.1, 0.15) is 62.5 Å². The van der Waals surface area contributed by atoms with Crippen molar-refractivity contribution in [1.29, 1.82) is 0 Å². The second-order valence-corrected chi connectivity index (χ2v) is 10.2. The van der Waals surface area contributed by atoms with Crippen LogP contribution in [0.2, 0.25) is 5.02 Å². The number of hydrogen-bond donors (Lipinski definition) is 1. The van der Waals surface area contributed by atoms with Gasteiger partial charge in [0.05, 0.1) is 0 Å². The van der Waals surface area contributed by atoms with Crippen LogP contribution in [0, 0.1) is 0 Å². The molecular formula is C25H32ClN5O3. The van der Waals surface area contributed by atoms with Crippen LogP contribution in [0.4, 0.5) is 10.6 Å². The Kier molecular flexibility index (Phi) is 6.62. The van der Waals surface area contributed by atoms with Crippen LogP contribution in [0.3, 0.4) is 0 Å². The highest BCUT2D eigenvalue weighted by atomic mass is 35.5. The SMILES string of the molecule is CCn1c(C2CCCN(C(=O)c3cn(C)nc3NC(=O)OC(C)(C)C)C2)cc2cc(Cl)ccc21. The number of carbonyl (C=O) groups excluding carboxylic acids is 2. The van der Waals surface area contributed by atoms with E-state index in [1.807, 2.05) is 17.0 Å². The molecule has 0 radical (unpaired) electrons. The fourth-order valence-corrected chi connectivity index (χ4v) is 4.85. The lowest BCUT2D eigenvalue weighted by Gasteiger charge is -2.33. The number of rotatable bonds is 4. The highest BCUT2D eigenvalue weighted by Gasteiger charge is 2.30. The number of fused-ring (bicyclic) bond motifs is 1. The van der Waals surface area contributed by atoms with Gasteiger partial charge in [0.15, 0.2) is 5.82 Å². The van der Waals surface area contributed by atoms with E-state index in [0.717, 1.165) is 30.3 Å². The number of likely N-dealkylation sites (tertiary alicyclic amines) is 1. The van der Waals surface area contributed by atoms with E-state index in [1.165, 1.54) is 10.4 Å². The minimum atomic E-state index is -0.648. The number of aryl methyl sites for hydroxylation is 2. The molecule has 8 nitrogen and oxygen atoms in total. The summed E-state index contributed by atoms with van der Waals surface area (Å²) in [6.07, 6.45) is 2.91. The molecule has 1 aromatic carbocycles. The number of amides is 2. The largest absolute Gasteiger partial charge is 0.444 e. The van der Waals surface area contributed by atoms with Crippen molar-refractivity contribution in [3.63, 3.8) is 0 Å². The third kappa shape index (κ3) is 5.06. The van der Waals surface area contributed by atoms with Gasteiger partial charge in [0.1, 0.15) is 11.2 Å². The van der Waals surface area contributed by atoms with Gasteiger partial charge in [-0.2, -0.15) is 5.10 Å². The number of anilines is 1. The smallest absolute Gasteiger partial charge is 0.413 e. The zero-order valence-corrected chi connectivity index (χ0v) is 21.1. The molecule has 3 heterocycles. The minimum Gasteiger partial charge on any atom is -0.444 e. The molecule has 4 rings (SSSR count).